The van der Waals surface area contributed by atoms with Crippen molar-refractivity contribution in [3.8, 4) is 0 Å². The molecule has 0 spiro atoms. The van der Waals surface area contributed by atoms with E-state index in [1.54, 1.807) is 10.4 Å². The summed E-state index contributed by atoms with van der Waals surface area (Å²) in [6, 6.07) is 9.22. The first-order chi connectivity index (χ1) is 12.7. The third-order valence-electron chi connectivity index (χ3n) is 7.68. The molecular formula is C24H31NS2. The smallest absolute Gasteiger partial charge is 0.0872 e. The van der Waals surface area contributed by atoms with Gasteiger partial charge in [-0.25, -0.2) is 0 Å². The predicted molar refractivity (Wildman–Crippen MR) is 123 cm³/mol. The van der Waals surface area contributed by atoms with Crippen LogP contribution >= 0.6 is 22.7 Å². The highest BCUT2D eigenvalue weighted by Gasteiger charge is 2.63. The lowest BCUT2D eigenvalue weighted by Crippen LogP contribution is -2.61. The molecule has 3 heteroatoms. The molecule has 1 nitrogen and oxygen atoms in total. The van der Waals surface area contributed by atoms with Crippen molar-refractivity contribution < 1.29 is 0 Å². The van der Waals surface area contributed by atoms with Gasteiger partial charge in [0.2, 0.25) is 0 Å². The fourth-order valence-electron chi connectivity index (χ4n) is 5.37. The minimum absolute atomic E-state index is 0.0181. The van der Waals surface area contributed by atoms with E-state index in [0.717, 1.165) is 6.54 Å². The summed E-state index contributed by atoms with van der Waals surface area (Å²) in [5, 5.41) is 3.75. The molecular weight excluding hydrogens is 366 g/mol. The van der Waals surface area contributed by atoms with Gasteiger partial charge in [-0.15, -0.1) is 22.7 Å². The van der Waals surface area contributed by atoms with Gasteiger partial charge in [0.25, 0.3) is 0 Å². The van der Waals surface area contributed by atoms with Crippen molar-refractivity contribution in [2.45, 2.75) is 72.9 Å². The van der Waals surface area contributed by atoms with Crippen molar-refractivity contribution in [1.82, 2.24) is 0 Å². The topological polar surface area (TPSA) is 3.24 Å². The zero-order valence-electron chi connectivity index (χ0n) is 17.9. The van der Waals surface area contributed by atoms with Gasteiger partial charge in [0.05, 0.1) is 16.1 Å². The number of rotatable bonds is 0. The molecule has 2 aliphatic heterocycles. The number of anilines is 1. The van der Waals surface area contributed by atoms with Crippen LogP contribution in [0.15, 0.2) is 29.6 Å². The van der Waals surface area contributed by atoms with E-state index >= 15 is 0 Å². The van der Waals surface area contributed by atoms with Crippen molar-refractivity contribution in [1.29, 1.82) is 0 Å². The van der Waals surface area contributed by atoms with Crippen LogP contribution in [0.1, 0.15) is 70.0 Å². The Labute approximate surface area is 172 Å². The maximum Gasteiger partial charge on any atom is 0.0872 e. The second-order valence-corrected chi connectivity index (χ2v) is 11.2. The lowest BCUT2D eigenvalue weighted by atomic mass is 9.51. The van der Waals surface area contributed by atoms with Gasteiger partial charge in [-0.2, -0.15) is 0 Å². The predicted octanol–water partition coefficient (Wildman–Crippen LogP) is 7.85. The average molecular weight is 398 g/mol. The molecule has 0 fully saturated rings. The number of hydrogen-bond acceptors (Lipinski definition) is 3. The summed E-state index contributed by atoms with van der Waals surface area (Å²) in [5.41, 5.74) is 6.22. The quantitative estimate of drug-likeness (QED) is 0.373. The molecule has 0 bridgehead atoms. The Morgan fingerprint density at radius 1 is 1.00 bits per heavy atom. The van der Waals surface area contributed by atoms with Crippen LogP contribution in [-0.4, -0.2) is 0 Å². The first-order valence-electron chi connectivity index (χ1n) is 10.1. The van der Waals surface area contributed by atoms with E-state index in [1.807, 2.05) is 36.5 Å². The highest BCUT2D eigenvalue weighted by Crippen LogP contribution is 2.67. The third-order valence-corrected chi connectivity index (χ3v) is 9.91. The summed E-state index contributed by atoms with van der Waals surface area (Å²) in [4.78, 5) is 4.30. The Kier molecular flexibility index (Phi) is 4.11. The van der Waals surface area contributed by atoms with E-state index in [1.165, 1.54) is 26.2 Å². The highest BCUT2D eigenvalue weighted by atomic mass is 32.2. The maximum atomic E-state index is 2.72. The van der Waals surface area contributed by atoms with Crippen LogP contribution < -0.4 is 4.90 Å². The number of nitrogens with zero attached hydrogens (tertiary/aromatic N) is 1. The molecule has 3 aromatic rings. The van der Waals surface area contributed by atoms with Gasteiger partial charge < -0.3 is 4.90 Å². The molecule has 0 aliphatic carbocycles. The Bertz CT molecular complexity index is 1020. The van der Waals surface area contributed by atoms with Crippen molar-refractivity contribution in [3.05, 3.63) is 51.2 Å². The molecule has 0 radical (unpaired) electrons. The van der Waals surface area contributed by atoms with Crippen molar-refractivity contribution in [2.75, 3.05) is 4.90 Å². The van der Waals surface area contributed by atoms with Crippen molar-refractivity contribution >= 4 is 37.8 Å². The zero-order chi connectivity index (χ0) is 19.8. The van der Waals surface area contributed by atoms with E-state index < -0.39 is 0 Å². The summed E-state index contributed by atoms with van der Waals surface area (Å²) in [6.07, 6.45) is 0. The summed E-state index contributed by atoms with van der Waals surface area (Å²) in [6.45, 7) is 19.7. The van der Waals surface area contributed by atoms with Gasteiger partial charge in [0, 0.05) is 26.9 Å². The second kappa shape index (κ2) is 5.84. The summed E-state index contributed by atoms with van der Waals surface area (Å²) < 4.78 is 1.50. The number of fused-ring (bicyclic) bond motifs is 7. The monoisotopic (exact) mass is 397 g/mol. The van der Waals surface area contributed by atoms with Crippen LogP contribution in [0.25, 0.3) is 9.40 Å². The van der Waals surface area contributed by atoms with Gasteiger partial charge >= 0.3 is 0 Å². The number of para-hydroxylation sites is 1. The first-order valence-corrected chi connectivity index (χ1v) is 11.8. The summed E-state index contributed by atoms with van der Waals surface area (Å²) in [7, 11) is 0. The molecule has 4 heterocycles. The fraction of sp³-hybridized carbons (Fsp3) is 0.500. The molecule has 2 aromatic heterocycles. The van der Waals surface area contributed by atoms with Gasteiger partial charge in [0.15, 0.2) is 0 Å². The number of thiophene rings is 2. The number of aryl methyl sites for hydroxylation is 1. The van der Waals surface area contributed by atoms with E-state index in [4.69, 9.17) is 0 Å². The number of hydrogen-bond donors (Lipinski definition) is 0. The molecule has 144 valence electrons. The zero-order valence-corrected chi connectivity index (χ0v) is 19.5. The third kappa shape index (κ3) is 2.05. The van der Waals surface area contributed by atoms with Gasteiger partial charge in [0.1, 0.15) is 0 Å². The maximum absolute atomic E-state index is 2.72. The lowest BCUT2D eigenvalue weighted by molar-refractivity contribution is 0.0693. The Morgan fingerprint density at radius 2 is 1.70 bits per heavy atom. The highest BCUT2D eigenvalue weighted by molar-refractivity contribution is 7.37. The van der Waals surface area contributed by atoms with Crippen LogP contribution in [0.2, 0.25) is 0 Å². The van der Waals surface area contributed by atoms with Crippen LogP contribution in [0, 0.1) is 12.3 Å². The standard InChI is InChI=1S/C22H25NS2.C2H6/c1-13-8-7-9-15-18(13)23-12-16-17(14-10-11-24-19(14)25-16)22(23,6)21(4,5)20(15,2)3;1-2/h7-11H,12H2,1-6H3;1-2H3. The lowest BCUT2D eigenvalue weighted by Gasteiger charge is -2.61. The Balaban J connectivity index is 0.000000872. The molecule has 1 atom stereocenters. The average Bonchev–Trinajstić information content (AvgIpc) is 3.27. The normalized spacial score (nSPS) is 24.1. The molecule has 1 aromatic carbocycles. The molecule has 0 amide bonds. The Morgan fingerprint density at radius 3 is 2.41 bits per heavy atom. The molecule has 0 saturated carbocycles. The first kappa shape index (κ1) is 19.0. The van der Waals surface area contributed by atoms with E-state index in [2.05, 4.69) is 76.1 Å². The van der Waals surface area contributed by atoms with Crippen LogP contribution in [0.5, 0.6) is 0 Å². The van der Waals surface area contributed by atoms with E-state index in [-0.39, 0.29) is 16.4 Å². The minimum atomic E-state index is 0.0181. The van der Waals surface area contributed by atoms with Gasteiger partial charge in [-0.1, -0.05) is 59.7 Å². The van der Waals surface area contributed by atoms with Crippen molar-refractivity contribution in [3.63, 3.8) is 0 Å². The van der Waals surface area contributed by atoms with E-state index in [0.29, 0.717) is 0 Å². The fourth-order valence-corrected chi connectivity index (χ4v) is 7.77. The molecule has 2 aliphatic rings. The molecule has 0 saturated heterocycles. The molecule has 27 heavy (non-hydrogen) atoms. The van der Waals surface area contributed by atoms with Crippen LogP contribution in [-0.2, 0) is 17.5 Å². The minimum Gasteiger partial charge on any atom is -0.356 e. The van der Waals surface area contributed by atoms with Crippen LogP contribution in [0.3, 0.4) is 0 Å². The molecule has 5 rings (SSSR count). The van der Waals surface area contributed by atoms with Crippen molar-refractivity contribution in [2.24, 2.45) is 5.41 Å². The largest absolute Gasteiger partial charge is 0.356 e. The SMILES string of the molecule is CC.Cc1cccc2c1N1Cc3sc4sccc4c3C1(C)C(C)(C)C2(C)C. The Hall–Kier alpha value is -1.32. The van der Waals surface area contributed by atoms with E-state index in [9.17, 15) is 0 Å². The molecule has 0 N–H and O–H groups in total. The number of benzene rings is 1. The summed E-state index contributed by atoms with van der Waals surface area (Å²) >= 11 is 3.91. The van der Waals surface area contributed by atoms with Gasteiger partial charge in [-0.05, 0) is 41.8 Å². The summed E-state index contributed by atoms with van der Waals surface area (Å²) in [5.74, 6) is 0. The van der Waals surface area contributed by atoms with Crippen LogP contribution in [0.4, 0.5) is 5.69 Å². The second-order valence-electron chi connectivity index (χ2n) is 8.90. The van der Waals surface area contributed by atoms with Gasteiger partial charge in [-0.3, -0.25) is 0 Å². The molecule has 1 unspecified atom stereocenters.